The van der Waals surface area contributed by atoms with E-state index in [1.807, 2.05) is 6.92 Å². The molecule has 3 rings (SSSR count). The molecular weight excluding hydrogens is 336 g/mol. The van der Waals surface area contributed by atoms with Crippen molar-refractivity contribution in [1.82, 2.24) is 3.97 Å². The quantitative estimate of drug-likeness (QED) is 0.779. The van der Waals surface area contributed by atoms with Crippen LogP contribution >= 0.6 is 0 Å². The molecule has 0 aliphatic carbocycles. The number of benzene rings is 2. The van der Waals surface area contributed by atoms with Crippen molar-refractivity contribution in [3.8, 4) is 0 Å². The maximum absolute atomic E-state index is 12.8. The molecule has 1 heterocycles. The number of hydrogen-bond donors (Lipinski definition) is 1. The average Bonchev–Trinajstić information content (AvgIpc) is 2.91. The third kappa shape index (κ3) is 2.65. The predicted molar refractivity (Wildman–Crippen MR) is 87.1 cm³/mol. The number of fused-ring (bicyclic) bond motifs is 1. The van der Waals surface area contributed by atoms with E-state index in [2.05, 4.69) is 0 Å². The standard InChI is InChI=1S/C15H14N2O4S2/c1-11-5-7-13(8-6-11)23(20,21)17-10-9-12-3-2-4-14(15(12)17)22(16,18)19/h2-10H,1H3,(H2,16,18,19). The highest BCUT2D eigenvalue weighted by molar-refractivity contribution is 7.90. The van der Waals surface area contributed by atoms with E-state index in [-0.39, 0.29) is 15.3 Å². The highest BCUT2D eigenvalue weighted by Gasteiger charge is 2.23. The van der Waals surface area contributed by atoms with E-state index >= 15 is 0 Å². The number of hydrogen-bond acceptors (Lipinski definition) is 4. The summed E-state index contributed by atoms with van der Waals surface area (Å²) in [5, 5.41) is 5.70. The first-order valence-corrected chi connectivity index (χ1v) is 9.65. The second-order valence-electron chi connectivity index (χ2n) is 5.17. The Kier molecular flexibility index (Phi) is 3.55. The van der Waals surface area contributed by atoms with Crippen LogP contribution in [-0.2, 0) is 20.0 Å². The largest absolute Gasteiger partial charge is 0.268 e. The number of nitrogens with two attached hydrogens (primary N) is 1. The van der Waals surface area contributed by atoms with Gasteiger partial charge in [0.25, 0.3) is 10.0 Å². The Morgan fingerprint density at radius 2 is 1.57 bits per heavy atom. The molecule has 0 radical (unpaired) electrons. The summed E-state index contributed by atoms with van der Waals surface area (Å²) in [5.41, 5.74) is 0.974. The van der Waals surface area contributed by atoms with Crippen molar-refractivity contribution in [1.29, 1.82) is 0 Å². The molecule has 0 aliphatic rings. The van der Waals surface area contributed by atoms with Gasteiger partial charge in [-0.2, -0.15) is 0 Å². The molecule has 120 valence electrons. The molecule has 2 aromatic carbocycles. The number of nitrogens with zero attached hydrogens (tertiary/aromatic N) is 1. The summed E-state index contributed by atoms with van der Waals surface area (Å²) in [5.74, 6) is 0. The number of primary sulfonamides is 1. The van der Waals surface area contributed by atoms with Crippen LogP contribution in [-0.4, -0.2) is 20.8 Å². The molecule has 0 bridgehead atoms. The number of aromatic nitrogens is 1. The van der Waals surface area contributed by atoms with Gasteiger partial charge in [0.2, 0.25) is 10.0 Å². The molecule has 0 fully saturated rings. The van der Waals surface area contributed by atoms with Crippen LogP contribution in [0.3, 0.4) is 0 Å². The van der Waals surface area contributed by atoms with E-state index in [9.17, 15) is 16.8 Å². The van der Waals surface area contributed by atoms with Gasteiger partial charge in [-0.05, 0) is 31.2 Å². The Labute approximate surface area is 134 Å². The monoisotopic (exact) mass is 350 g/mol. The van der Waals surface area contributed by atoms with Crippen molar-refractivity contribution in [3.63, 3.8) is 0 Å². The number of para-hydroxylation sites is 1. The molecule has 0 spiro atoms. The zero-order valence-electron chi connectivity index (χ0n) is 12.2. The molecule has 0 atom stereocenters. The van der Waals surface area contributed by atoms with Crippen LogP contribution in [0.2, 0.25) is 0 Å². The highest BCUT2D eigenvalue weighted by atomic mass is 32.2. The van der Waals surface area contributed by atoms with E-state index in [1.54, 1.807) is 18.2 Å². The van der Waals surface area contributed by atoms with Gasteiger partial charge in [-0.1, -0.05) is 29.8 Å². The van der Waals surface area contributed by atoms with Crippen LogP contribution < -0.4 is 5.14 Å². The Morgan fingerprint density at radius 3 is 2.17 bits per heavy atom. The van der Waals surface area contributed by atoms with Gasteiger partial charge in [-0.25, -0.2) is 25.9 Å². The van der Waals surface area contributed by atoms with Gasteiger partial charge in [0.05, 0.1) is 10.4 Å². The minimum Gasteiger partial charge on any atom is -0.240 e. The zero-order valence-corrected chi connectivity index (χ0v) is 13.8. The fourth-order valence-electron chi connectivity index (χ4n) is 2.39. The van der Waals surface area contributed by atoms with Crippen LogP contribution in [0.4, 0.5) is 0 Å². The van der Waals surface area contributed by atoms with Crippen molar-refractivity contribution in [3.05, 3.63) is 60.3 Å². The topological polar surface area (TPSA) is 99.2 Å². The maximum Gasteiger partial charge on any atom is 0.268 e. The van der Waals surface area contributed by atoms with E-state index in [1.165, 1.54) is 36.5 Å². The fourth-order valence-corrected chi connectivity index (χ4v) is 4.57. The Morgan fingerprint density at radius 1 is 0.913 bits per heavy atom. The fraction of sp³-hybridized carbons (Fsp3) is 0.0667. The number of rotatable bonds is 3. The predicted octanol–water partition coefficient (Wildman–Crippen LogP) is 1.83. The lowest BCUT2D eigenvalue weighted by Crippen LogP contribution is -2.17. The van der Waals surface area contributed by atoms with E-state index in [0.29, 0.717) is 5.39 Å². The Bertz CT molecular complexity index is 1100. The third-order valence-electron chi connectivity index (χ3n) is 3.52. The summed E-state index contributed by atoms with van der Waals surface area (Å²) in [6.07, 6.45) is 1.33. The smallest absolute Gasteiger partial charge is 0.240 e. The van der Waals surface area contributed by atoms with Crippen molar-refractivity contribution in [2.45, 2.75) is 16.7 Å². The normalized spacial score (nSPS) is 12.6. The molecule has 2 N–H and O–H groups in total. The lowest BCUT2D eigenvalue weighted by atomic mass is 10.2. The van der Waals surface area contributed by atoms with Gasteiger partial charge in [0, 0.05) is 11.6 Å². The average molecular weight is 350 g/mol. The summed E-state index contributed by atoms with van der Waals surface area (Å²) < 4.78 is 50.2. The van der Waals surface area contributed by atoms with E-state index in [4.69, 9.17) is 5.14 Å². The Hall–Kier alpha value is -2.16. The SMILES string of the molecule is Cc1ccc(S(=O)(=O)n2ccc3cccc(S(N)(=O)=O)c32)cc1. The Balaban J connectivity index is 2.35. The first kappa shape index (κ1) is 15.7. The molecule has 0 unspecified atom stereocenters. The van der Waals surface area contributed by atoms with Crippen LogP contribution in [0.5, 0.6) is 0 Å². The summed E-state index contributed by atoms with van der Waals surface area (Å²) in [6.45, 7) is 1.85. The summed E-state index contributed by atoms with van der Waals surface area (Å²) >= 11 is 0. The lowest BCUT2D eigenvalue weighted by molar-refractivity contribution is 0.588. The molecule has 23 heavy (non-hydrogen) atoms. The first-order chi connectivity index (χ1) is 10.7. The molecule has 3 aromatic rings. The van der Waals surface area contributed by atoms with E-state index in [0.717, 1.165) is 9.54 Å². The van der Waals surface area contributed by atoms with Crippen molar-refractivity contribution in [2.24, 2.45) is 5.14 Å². The van der Waals surface area contributed by atoms with Crippen molar-refractivity contribution >= 4 is 30.9 Å². The van der Waals surface area contributed by atoms with Gasteiger partial charge in [0.15, 0.2) is 0 Å². The molecular formula is C15H14N2O4S2. The lowest BCUT2D eigenvalue weighted by Gasteiger charge is -2.10. The first-order valence-electron chi connectivity index (χ1n) is 6.66. The van der Waals surface area contributed by atoms with Crippen LogP contribution in [0.15, 0.2) is 64.5 Å². The summed E-state index contributed by atoms with van der Waals surface area (Å²) in [4.78, 5) is -0.152. The minimum absolute atomic E-state index is 0.0515. The van der Waals surface area contributed by atoms with Crippen molar-refractivity contribution in [2.75, 3.05) is 0 Å². The van der Waals surface area contributed by atoms with Gasteiger partial charge < -0.3 is 0 Å². The molecule has 0 aliphatic heterocycles. The van der Waals surface area contributed by atoms with Crippen LogP contribution in [0.1, 0.15) is 5.56 Å². The van der Waals surface area contributed by atoms with Crippen molar-refractivity contribution < 1.29 is 16.8 Å². The van der Waals surface area contributed by atoms with E-state index < -0.39 is 20.0 Å². The third-order valence-corrected chi connectivity index (χ3v) is 6.16. The van der Waals surface area contributed by atoms with Gasteiger partial charge in [-0.3, -0.25) is 0 Å². The molecule has 0 amide bonds. The molecule has 6 nitrogen and oxygen atoms in total. The molecule has 1 aromatic heterocycles. The summed E-state index contributed by atoms with van der Waals surface area (Å²) in [6, 6.07) is 12.3. The van der Waals surface area contributed by atoms with Crippen LogP contribution in [0.25, 0.3) is 10.9 Å². The van der Waals surface area contributed by atoms with Gasteiger partial charge in [-0.15, -0.1) is 0 Å². The van der Waals surface area contributed by atoms with Gasteiger partial charge in [0.1, 0.15) is 4.90 Å². The second kappa shape index (κ2) is 5.19. The highest BCUT2D eigenvalue weighted by Crippen LogP contribution is 2.27. The minimum atomic E-state index is -4.06. The molecule has 8 heteroatoms. The zero-order chi connectivity index (χ0) is 16.8. The molecule has 0 saturated heterocycles. The number of sulfonamides is 1. The second-order valence-corrected chi connectivity index (χ2v) is 8.51. The van der Waals surface area contributed by atoms with Crippen LogP contribution in [0, 0.1) is 6.92 Å². The van der Waals surface area contributed by atoms with Gasteiger partial charge >= 0.3 is 0 Å². The maximum atomic E-state index is 12.8. The summed E-state index contributed by atoms with van der Waals surface area (Å²) in [7, 11) is -7.98. The number of aryl methyl sites for hydroxylation is 1. The molecule has 0 saturated carbocycles.